The maximum atomic E-state index is 5.99. The number of hydrogen-bond acceptors (Lipinski definition) is 2. The van der Waals surface area contributed by atoms with Crippen molar-refractivity contribution in [1.82, 2.24) is 4.90 Å². The molecule has 0 bridgehead atoms. The summed E-state index contributed by atoms with van der Waals surface area (Å²) >= 11 is 0. The van der Waals surface area contributed by atoms with Crippen LogP contribution < -0.4 is 5.73 Å². The van der Waals surface area contributed by atoms with Crippen LogP contribution in [0.5, 0.6) is 0 Å². The molecule has 2 aromatic carbocycles. The topological polar surface area (TPSA) is 29.3 Å². The minimum Gasteiger partial charge on any atom is -0.330 e. The van der Waals surface area contributed by atoms with Crippen molar-refractivity contribution in [2.24, 2.45) is 11.7 Å². The first-order valence-electron chi connectivity index (χ1n) is 7.38. The van der Waals surface area contributed by atoms with E-state index in [2.05, 4.69) is 65.6 Å². The summed E-state index contributed by atoms with van der Waals surface area (Å²) in [6.07, 6.45) is 0. The Morgan fingerprint density at radius 2 is 1.55 bits per heavy atom. The molecule has 0 spiro atoms. The highest BCUT2D eigenvalue weighted by Crippen LogP contribution is 2.32. The van der Waals surface area contributed by atoms with Crippen LogP contribution in [0, 0.1) is 5.92 Å². The minimum absolute atomic E-state index is 0.570. The number of nitrogens with zero attached hydrogens (tertiary/aromatic N) is 1. The number of benzene rings is 2. The van der Waals surface area contributed by atoms with Crippen molar-refractivity contribution < 1.29 is 0 Å². The van der Waals surface area contributed by atoms with Crippen molar-refractivity contribution in [3.05, 3.63) is 71.8 Å². The highest BCUT2D eigenvalue weighted by Gasteiger charge is 2.32. The van der Waals surface area contributed by atoms with Crippen molar-refractivity contribution in [3.63, 3.8) is 0 Å². The van der Waals surface area contributed by atoms with Gasteiger partial charge in [0.05, 0.1) is 0 Å². The number of hydrogen-bond donors (Lipinski definition) is 1. The van der Waals surface area contributed by atoms with Gasteiger partial charge in [-0.15, -0.1) is 0 Å². The van der Waals surface area contributed by atoms with Gasteiger partial charge in [0.15, 0.2) is 0 Å². The van der Waals surface area contributed by atoms with E-state index in [-0.39, 0.29) is 0 Å². The van der Waals surface area contributed by atoms with E-state index in [0.29, 0.717) is 11.8 Å². The normalized spacial score (nSPS) is 23.1. The van der Waals surface area contributed by atoms with Crippen LogP contribution >= 0.6 is 0 Å². The number of rotatable bonds is 4. The van der Waals surface area contributed by atoms with Crippen molar-refractivity contribution in [2.75, 3.05) is 19.6 Å². The van der Waals surface area contributed by atoms with E-state index >= 15 is 0 Å². The lowest BCUT2D eigenvalue weighted by Crippen LogP contribution is -2.23. The molecule has 20 heavy (non-hydrogen) atoms. The van der Waals surface area contributed by atoms with Crippen molar-refractivity contribution >= 4 is 0 Å². The van der Waals surface area contributed by atoms with E-state index in [9.17, 15) is 0 Å². The quantitative estimate of drug-likeness (QED) is 0.922. The van der Waals surface area contributed by atoms with E-state index in [1.165, 1.54) is 11.1 Å². The second-order valence-electron chi connectivity index (χ2n) is 5.69. The zero-order chi connectivity index (χ0) is 13.8. The Morgan fingerprint density at radius 3 is 2.20 bits per heavy atom. The molecule has 1 aliphatic heterocycles. The number of likely N-dealkylation sites (tertiary alicyclic amines) is 1. The molecule has 0 aliphatic carbocycles. The summed E-state index contributed by atoms with van der Waals surface area (Å²) in [6.45, 7) is 4.01. The lowest BCUT2D eigenvalue weighted by molar-refractivity contribution is 0.317. The zero-order valence-corrected chi connectivity index (χ0v) is 11.8. The monoisotopic (exact) mass is 266 g/mol. The molecule has 2 nitrogen and oxygen atoms in total. The van der Waals surface area contributed by atoms with Crippen molar-refractivity contribution in [3.8, 4) is 0 Å². The molecule has 104 valence electrons. The second kappa shape index (κ2) is 6.21. The summed E-state index contributed by atoms with van der Waals surface area (Å²) < 4.78 is 0. The maximum Gasteiger partial charge on any atom is 0.0234 e. The van der Waals surface area contributed by atoms with Gasteiger partial charge in [-0.1, -0.05) is 60.7 Å². The van der Waals surface area contributed by atoms with Crippen LogP contribution in [0.25, 0.3) is 0 Å². The lowest BCUT2D eigenvalue weighted by atomic mass is 9.89. The molecule has 0 saturated carbocycles. The van der Waals surface area contributed by atoms with Gasteiger partial charge in [-0.2, -0.15) is 0 Å². The zero-order valence-electron chi connectivity index (χ0n) is 11.8. The summed E-state index contributed by atoms with van der Waals surface area (Å²) in [5.41, 5.74) is 8.81. The molecule has 2 N–H and O–H groups in total. The SMILES string of the molecule is NC[C@H]1CN(Cc2ccccc2)C[C@H]1c1ccccc1. The summed E-state index contributed by atoms with van der Waals surface area (Å²) in [5, 5.41) is 0. The smallest absolute Gasteiger partial charge is 0.0234 e. The van der Waals surface area contributed by atoms with Crippen LogP contribution in [0.4, 0.5) is 0 Å². The maximum absolute atomic E-state index is 5.99. The minimum atomic E-state index is 0.570. The molecule has 2 aromatic rings. The molecule has 1 fully saturated rings. The van der Waals surface area contributed by atoms with Crippen LogP contribution in [-0.4, -0.2) is 24.5 Å². The van der Waals surface area contributed by atoms with Crippen LogP contribution in [0.15, 0.2) is 60.7 Å². The van der Waals surface area contributed by atoms with Crippen LogP contribution in [0.3, 0.4) is 0 Å². The fourth-order valence-electron chi connectivity index (χ4n) is 3.25. The Morgan fingerprint density at radius 1 is 0.900 bits per heavy atom. The van der Waals surface area contributed by atoms with Gasteiger partial charge in [-0.25, -0.2) is 0 Å². The average Bonchev–Trinajstić information content (AvgIpc) is 2.92. The third kappa shape index (κ3) is 2.92. The van der Waals surface area contributed by atoms with Crippen molar-refractivity contribution in [1.29, 1.82) is 0 Å². The molecule has 2 atom stereocenters. The van der Waals surface area contributed by atoms with Gasteiger partial charge in [0, 0.05) is 25.6 Å². The van der Waals surface area contributed by atoms with Gasteiger partial charge in [0.1, 0.15) is 0 Å². The average molecular weight is 266 g/mol. The highest BCUT2D eigenvalue weighted by molar-refractivity contribution is 5.23. The Hall–Kier alpha value is -1.64. The molecular formula is C18H22N2. The fraction of sp³-hybridized carbons (Fsp3) is 0.333. The molecule has 1 heterocycles. The molecule has 1 aliphatic rings. The Bertz CT molecular complexity index is 524. The predicted octanol–water partition coefficient (Wildman–Crippen LogP) is 2.86. The van der Waals surface area contributed by atoms with E-state index in [1.54, 1.807) is 0 Å². The van der Waals surface area contributed by atoms with Crippen molar-refractivity contribution in [2.45, 2.75) is 12.5 Å². The van der Waals surface area contributed by atoms with E-state index in [4.69, 9.17) is 5.73 Å². The summed E-state index contributed by atoms with van der Waals surface area (Å²) in [7, 11) is 0. The van der Waals surface area contributed by atoms with Crippen LogP contribution in [-0.2, 0) is 6.54 Å². The molecule has 0 radical (unpaired) electrons. The third-order valence-corrected chi connectivity index (χ3v) is 4.30. The van der Waals surface area contributed by atoms with Crippen LogP contribution in [0.1, 0.15) is 17.0 Å². The number of nitrogens with two attached hydrogens (primary N) is 1. The standard InChI is InChI=1S/C18H22N2/c19-11-17-13-20(12-15-7-3-1-4-8-15)14-18(17)16-9-5-2-6-10-16/h1-10,17-18H,11-14,19H2/t17-,18-/m0/s1. The first-order valence-corrected chi connectivity index (χ1v) is 7.38. The Kier molecular flexibility index (Phi) is 4.14. The fourth-order valence-corrected chi connectivity index (χ4v) is 3.25. The largest absolute Gasteiger partial charge is 0.330 e. The molecule has 0 unspecified atom stereocenters. The Balaban J connectivity index is 1.71. The summed E-state index contributed by atoms with van der Waals surface area (Å²) in [5.74, 6) is 1.14. The molecule has 2 heteroatoms. The highest BCUT2D eigenvalue weighted by atomic mass is 15.2. The van der Waals surface area contributed by atoms with Gasteiger partial charge in [0.25, 0.3) is 0 Å². The first kappa shape index (κ1) is 13.3. The molecule has 0 aromatic heterocycles. The second-order valence-corrected chi connectivity index (χ2v) is 5.69. The van der Waals surface area contributed by atoms with Gasteiger partial charge in [0.2, 0.25) is 0 Å². The van der Waals surface area contributed by atoms with E-state index in [0.717, 1.165) is 26.2 Å². The first-order chi connectivity index (χ1) is 9.86. The summed E-state index contributed by atoms with van der Waals surface area (Å²) in [6, 6.07) is 21.5. The molecular weight excluding hydrogens is 244 g/mol. The summed E-state index contributed by atoms with van der Waals surface area (Å²) in [4.78, 5) is 2.53. The van der Waals surface area contributed by atoms with E-state index in [1.807, 2.05) is 0 Å². The van der Waals surface area contributed by atoms with Gasteiger partial charge in [-0.3, -0.25) is 4.90 Å². The third-order valence-electron chi connectivity index (χ3n) is 4.30. The van der Waals surface area contributed by atoms with Crippen LogP contribution in [0.2, 0.25) is 0 Å². The van der Waals surface area contributed by atoms with E-state index < -0.39 is 0 Å². The molecule has 0 amide bonds. The Labute approximate surface area is 121 Å². The lowest BCUT2D eigenvalue weighted by Gasteiger charge is -2.16. The van der Waals surface area contributed by atoms with Gasteiger partial charge in [-0.05, 0) is 23.6 Å². The van der Waals surface area contributed by atoms with Gasteiger partial charge < -0.3 is 5.73 Å². The molecule has 1 saturated heterocycles. The molecule has 3 rings (SSSR count). The van der Waals surface area contributed by atoms with Gasteiger partial charge >= 0.3 is 0 Å². The predicted molar refractivity (Wildman–Crippen MR) is 83.4 cm³/mol.